The SMILES string of the molecule is [C-]#[N+]/C(C#N)=c1\c([N+]#[C-])c(-c2c(F)c(F)c(F)c(F)c2F)/c(=C(/C#N)[N+]#[C-])c(C#N)c1-c1c(F)c(F)c(F)c(F)c1F. The Balaban J connectivity index is 3.13. The van der Waals surface area contributed by atoms with Gasteiger partial charge in [0.25, 0.3) is 11.4 Å². The lowest BCUT2D eigenvalue weighted by Crippen LogP contribution is -2.26. The lowest BCUT2D eigenvalue weighted by molar-refractivity contribution is 0.381. The fraction of sp³-hybridized carbons (Fsp3) is 0. The first-order valence-corrected chi connectivity index (χ1v) is 10.2. The van der Waals surface area contributed by atoms with Crippen LogP contribution >= 0.6 is 0 Å². The summed E-state index contributed by atoms with van der Waals surface area (Å²) in [6, 6.07) is 3.23. The molecule has 0 atom stereocenters. The summed E-state index contributed by atoms with van der Waals surface area (Å²) in [6.45, 7) is 21.9. The number of rotatable bonds is 2. The van der Waals surface area contributed by atoms with Crippen LogP contribution in [0, 0.1) is 112 Å². The zero-order chi connectivity index (χ0) is 31.8. The van der Waals surface area contributed by atoms with Crippen LogP contribution in [0.25, 0.3) is 48.2 Å². The van der Waals surface area contributed by atoms with E-state index in [1.807, 2.05) is 0 Å². The zero-order valence-electron chi connectivity index (χ0n) is 19.5. The summed E-state index contributed by atoms with van der Waals surface area (Å²) in [5.41, 5.74) is -13.8. The molecule has 0 bridgehead atoms. The van der Waals surface area contributed by atoms with Crippen LogP contribution in [0.3, 0.4) is 0 Å². The van der Waals surface area contributed by atoms with Crippen molar-refractivity contribution in [3.8, 4) is 40.5 Å². The molecule has 0 saturated carbocycles. The van der Waals surface area contributed by atoms with Crippen LogP contribution in [0.2, 0.25) is 0 Å². The molecule has 0 heterocycles. The number of hydrogen-bond acceptors (Lipinski definition) is 3. The fourth-order valence-corrected chi connectivity index (χ4v) is 3.84. The van der Waals surface area contributed by atoms with Gasteiger partial charge in [0.15, 0.2) is 52.2 Å². The highest BCUT2D eigenvalue weighted by Crippen LogP contribution is 2.39. The second-order valence-corrected chi connectivity index (χ2v) is 7.48. The molecule has 3 rings (SSSR count). The first-order chi connectivity index (χ1) is 19.8. The van der Waals surface area contributed by atoms with Crippen molar-refractivity contribution in [2.24, 2.45) is 0 Å². The topological polar surface area (TPSA) is 84.4 Å². The summed E-state index contributed by atoms with van der Waals surface area (Å²) in [4.78, 5) is 8.00. The maximum Gasteiger partial charge on any atom is 0.269 e. The van der Waals surface area contributed by atoms with E-state index in [1.54, 1.807) is 0 Å². The molecule has 0 aliphatic heterocycles. The molecule has 0 spiro atoms. The maximum absolute atomic E-state index is 15.0. The molecule has 42 heavy (non-hydrogen) atoms. The summed E-state index contributed by atoms with van der Waals surface area (Å²) in [5.74, 6) is -26.9. The lowest BCUT2D eigenvalue weighted by atomic mass is 9.86. The van der Waals surface area contributed by atoms with Crippen LogP contribution in [0.4, 0.5) is 49.6 Å². The highest BCUT2D eigenvalue weighted by Gasteiger charge is 2.35. The number of nitrogens with zero attached hydrogens (tertiary/aromatic N) is 6. The van der Waals surface area contributed by atoms with Crippen molar-refractivity contribution in [3.05, 3.63) is 108 Å². The van der Waals surface area contributed by atoms with Crippen LogP contribution < -0.4 is 10.4 Å². The molecule has 6 nitrogen and oxygen atoms in total. The third kappa shape index (κ3) is 4.09. The molecule has 0 amide bonds. The van der Waals surface area contributed by atoms with Gasteiger partial charge < -0.3 is 0 Å². The van der Waals surface area contributed by atoms with Crippen molar-refractivity contribution in [1.29, 1.82) is 15.8 Å². The average molecular weight is 586 g/mol. The number of nitriles is 3. The van der Waals surface area contributed by atoms with E-state index >= 15 is 17.6 Å². The third-order valence-corrected chi connectivity index (χ3v) is 5.53. The largest absolute Gasteiger partial charge is 0.269 e. The van der Waals surface area contributed by atoms with Gasteiger partial charge in [-0.1, -0.05) is 0 Å². The number of halogens is 10. The van der Waals surface area contributed by atoms with Crippen LogP contribution in [0.1, 0.15) is 5.56 Å². The highest BCUT2D eigenvalue weighted by molar-refractivity contribution is 5.94. The maximum atomic E-state index is 15.0. The van der Waals surface area contributed by atoms with Gasteiger partial charge in [-0.2, -0.15) is 5.26 Å². The Morgan fingerprint density at radius 2 is 0.810 bits per heavy atom. The van der Waals surface area contributed by atoms with Gasteiger partial charge in [0.05, 0.1) is 49.1 Å². The van der Waals surface area contributed by atoms with Crippen LogP contribution in [0.5, 0.6) is 0 Å². The molecule has 0 aliphatic carbocycles. The smallest absolute Gasteiger partial charge is 0.238 e. The van der Waals surface area contributed by atoms with Gasteiger partial charge in [0, 0.05) is 16.0 Å². The second kappa shape index (κ2) is 11.0. The molecule has 0 N–H and O–H groups in total. The van der Waals surface area contributed by atoms with Gasteiger partial charge in [-0.25, -0.2) is 69.0 Å². The fourth-order valence-electron chi connectivity index (χ4n) is 3.84. The molecular formula is C26F10N6. The summed E-state index contributed by atoms with van der Waals surface area (Å²) < 4.78 is 145. The summed E-state index contributed by atoms with van der Waals surface area (Å²) >= 11 is 0. The predicted molar refractivity (Wildman–Crippen MR) is 118 cm³/mol. The summed E-state index contributed by atoms with van der Waals surface area (Å²) in [7, 11) is 0. The first kappa shape index (κ1) is 30.2. The van der Waals surface area contributed by atoms with Crippen molar-refractivity contribution in [2.75, 3.05) is 0 Å². The van der Waals surface area contributed by atoms with Crippen LogP contribution in [0.15, 0.2) is 0 Å². The Morgan fingerprint density at radius 1 is 0.476 bits per heavy atom. The highest BCUT2D eigenvalue weighted by atomic mass is 19.2. The Morgan fingerprint density at radius 3 is 1.12 bits per heavy atom. The van der Waals surface area contributed by atoms with E-state index in [1.165, 1.54) is 0 Å². The number of hydrogen-bond donors (Lipinski definition) is 0. The quantitative estimate of drug-likeness (QED) is 0.161. The van der Waals surface area contributed by atoms with Crippen molar-refractivity contribution in [2.45, 2.75) is 0 Å². The molecule has 0 radical (unpaired) electrons. The Kier molecular flexibility index (Phi) is 7.92. The van der Waals surface area contributed by atoms with Crippen molar-refractivity contribution in [1.82, 2.24) is 0 Å². The van der Waals surface area contributed by atoms with E-state index in [0.717, 1.165) is 18.2 Å². The van der Waals surface area contributed by atoms with Crippen molar-refractivity contribution < 1.29 is 43.9 Å². The molecule has 0 saturated heterocycles. The van der Waals surface area contributed by atoms with E-state index in [4.69, 9.17) is 19.7 Å². The molecule has 16 heteroatoms. The molecule has 0 fully saturated rings. The van der Waals surface area contributed by atoms with Crippen LogP contribution in [-0.4, -0.2) is 0 Å². The summed E-state index contributed by atoms with van der Waals surface area (Å²) in [6.07, 6.45) is 0. The molecule has 204 valence electrons. The first-order valence-electron chi connectivity index (χ1n) is 10.2. The van der Waals surface area contributed by atoms with Gasteiger partial charge in [-0.15, -0.1) is 0 Å². The lowest BCUT2D eigenvalue weighted by Gasteiger charge is -2.18. The standard InChI is InChI=1S/C26F10N6/c1-40-8(5-38)10-7(4-37)11(14-16(27)20(31)24(35)21(32)17(14)28)12(9(6-39)41-2)26(42-3)13(10)15-18(29)22(33)25(36)23(34)19(15)30/b10-8-,12-9-. The minimum absolute atomic E-state index is 1.07. The second-order valence-electron chi connectivity index (χ2n) is 7.48. The summed E-state index contributed by atoms with van der Waals surface area (Å²) in [5, 5.41) is 25.8. The molecule has 0 unspecified atom stereocenters. The Hall–Kier alpha value is -6.36. The average Bonchev–Trinajstić information content (AvgIpc) is 2.99. The molecular weight excluding hydrogens is 586 g/mol. The zero-order valence-corrected chi connectivity index (χ0v) is 19.5. The van der Waals surface area contributed by atoms with E-state index in [2.05, 4.69) is 14.5 Å². The predicted octanol–water partition coefficient (Wildman–Crippen LogP) is 5.94. The van der Waals surface area contributed by atoms with E-state index < -0.39 is 114 Å². The minimum Gasteiger partial charge on any atom is -0.238 e. The normalized spacial score (nSPS) is 11.7. The minimum atomic E-state index is -2.73. The molecule has 3 aromatic rings. The van der Waals surface area contributed by atoms with Crippen LogP contribution in [-0.2, 0) is 0 Å². The molecule has 3 aromatic carbocycles. The Labute approximate surface area is 226 Å². The van der Waals surface area contributed by atoms with E-state index in [-0.39, 0.29) is 0 Å². The Bertz CT molecular complexity index is 1920. The van der Waals surface area contributed by atoms with Crippen molar-refractivity contribution in [3.63, 3.8) is 0 Å². The van der Waals surface area contributed by atoms with Crippen molar-refractivity contribution >= 4 is 17.1 Å². The molecule has 0 aliphatic rings. The monoisotopic (exact) mass is 586 g/mol. The van der Waals surface area contributed by atoms with Gasteiger partial charge in [0.1, 0.15) is 0 Å². The molecule has 0 aromatic heterocycles. The van der Waals surface area contributed by atoms with E-state index in [0.29, 0.717) is 0 Å². The van der Waals surface area contributed by atoms with Gasteiger partial charge >= 0.3 is 0 Å². The van der Waals surface area contributed by atoms with Gasteiger partial charge in [-0.05, 0) is 11.1 Å². The van der Waals surface area contributed by atoms with Gasteiger partial charge in [-0.3, -0.25) is 0 Å². The third-order valence-electron chi connectivity index (χ3n) is 5.53. The van der Waals surface area contributed by atoms with E-state index in [9.17, 15) is 42.1 Å². The van der Waals surface area contributed by atoms with Gasteiger partial charge in [0.2, 0.25) is 11.6 Å². The number of benzene rings is 3.